The van der Waals surface area contributed by atoms with E-state index in [0.29, 0.717) is 0 Å². The molecular weight excluding hydrogens is 278 g/mol. The van der Waals surface area contributed by atoms with Crippen LogP contribution in [-0.2, 0) is 0 Å². The third-order valence-corrected chi connectivity index (χ3v) is 16.2. The van der Waals surface area contributed by atoms with Crippen LogP contribution < -0.4 is 10.6 Å². The van der Waals surface area contributed by atoms with Crippen LogP contribution in [0.1, 0.15) is 40.5 Å². The first-order valence-corrected chi connectivity index (χ1v) is 12.1. The summed E-state index contributed by atoms with van der Waals surface area (Å²) >= 11 is 0. The van der Waals surface area contributed by atoms with Crippen molar-refractivity contribution in [3.05, 3.63) is 37.6 Å². The molecule has 3 rings (SSSR count). The molecule has 0 amide bonds. The van der Waals surface area contributed by atoms with Gasteiger partial charge in [0, 0.05) is 35.5 Å². The highest BCUT2D eigenvalue weighted by Gasteiger charge is 2.56. The van der Waals surface area contributed by atoms with E-state index >= 15 is 0 Å². The second-order valence-corrected chi connectivity index (χ2v) is 15.4. The third kappa shape index (κ3) is 1.74. The van der Waals surface area contributed by atoms with E-state index in [1.807, 2.05) is 0 Å². The number of hydrogen-bond donors (Lipinski definition) is 0. The first-order valence-electron chi connectivity index (χ1n) is 7.88. The lowest BCUT2D eigenvalue weighted by Crippen LogP contribution is -2.48. The zero-order valence-electron chi connectivity index (χ0n) is 13.3. The quantitative estimate of drug-likeness (QED) is 0.537. The van der Waals surface area contributed by atoms with Crippen molar-refractivity contribution in [2.45, 2.75) is 63.2 Å². The van der Waals surface area contributed by atoms with E-state index in [1.165, 1.54) is 12.8 Å². The molecule has 0 spiro atoms. The summed E-state index contributed by atoms with van der Waals surface area (Å²) in [6, 6.07) is 9.25. The number of hydrogen-bond acceptors (Lipinski definition) is 0. The van der Waals surface area contributed by atoms with Crippen molar-refractivity contribution in [2.75, 3.05) is 0 Å². The van der Waals surface area contributed by atoms with Crippen LogP contribution in [0.25, 0.3) is 0 Å². The van der Waals surface area contributed by atoms with Crippen molar-refractivity contribution in [3.8, 4) is 0 Å². The maximum atomic E-state index is 4.79. The summed E-state index contributed by atoms with van der Waals surface area (Å²) in [5.41, 5.74) is 3.21. The lowest BCUT2D eigenvalue weighted by molar-refractivity contribution is 0.699. The van der Waals surface area contributed by atoms with Crippen molar-refractivity contribution in [2.24, 2.45) is 0 Å². The van der Waals surface area contributed by atoms with Gasteiger partial charge in [0.25, 0.3) is 0 Å². The van der Waals surface area contributed by atoms with Crippen LogP contribution in [0.5, 0.6) is 0 Å². The summed E-state index contributed by atoms with van der Waals surface area (Å²) in [5, 5.41) is 3.26. The second kappa shape index (κ2) is 4.79. The minimum atomic E-state index is -1.21. The minimum Gasteiger partial charge on any atom is -0.174 e. The van der Waals surface area contributed by atoms with E-state index in [0.717, 1.165) is 22.6 Å². The summed E-state index contributed by atoms with van der Waals surface area (Å²) < 4.78 is 0. The Labute approximate surface area is 126 Å². The average Bonchev–Trinajstić information content (AvgIpc) is 2.46. The van der Waals surface area contributed by atoms with Crippen molar-refractivity contribution >= 4 is 25.1 Å². The van der Waals surface area contributed by atoms with Gasteiger partial charge in [-0.25, -0.2) is 0 Å². The lowest BCUT2D eigenvalue weighted by Gasteiger charge is -2.55. The monoisotopic (exact) mass is 306 g/mol. The van der Waals surface area contributed by atoms with Crippen LogP contribution in [0.3, 0.4) is 0 Å². The lowest BCUT2D eigenvalue weighted by atomic mass is 10.2. The molecule has 0 radical (unpaired) electrons. The highest BCUT2D eigenvalue weighted by molar-refractivity contribution is 7.92. The van der Waals surface area contributed by atoms with E-state index in [2.05, 4.69) is 52.0 Å². The van der Waals surface area contributed by atoms with Crippen LogP contribution in [0.2, 0.25) is 0 Å². The Morgan fingerprint density at radius 3 is 1.30 bits per heavy atom. The van der Waals surface area contributed by atoms with Gasteiger partial charge in [0.15, 0.2) is 0 Å². The average molecular weight is 306 g/mol. The minimum absolute atomic E-state index is 0.803. The van der Waals surface area contributed by atoms with Gasteiger partial charge in [0.2, 0.25) is 0 Å². The normalized spacial score (nSPS) is 37.9. The summed E-state index contributed by atoms with van der Waals surface area (Å²) in [4.78, 5) is 0. The fourth-order valence-corrected chi connectivity index (χ4v) is 12.9. The molecule has 0 aliphatic carbocycles. The third-order valence-electron chi connectivity index (χ3n) is 6.29. The number of rotatable bonds is 2. The Kier molecular flexibility index (Phi) is 3.59. The van der Waals surface area contributed by atoms with Gasteiger partial charge in [0.1, 0.15) is 10.6 Å². The summed E-state index contributed by atoms with van der Waals surface area (Å²) in [6.07, 6.45) is 2.72. The van der Waals surface area contributed by atoms with Gasteiger partial charge in [-0.1, -0.05) is 26.7 Å². The van der Waals surface area contributed by atoms with Crippen LogP contribution in [0.15, 0.2) is 24.3 Å². The largest absolute Gasteiger partial charge is 0.174 e. The van der Waals surface area contributed by atoms with Crippen LogP contribution >= 0.6 is 14.5 Å². The predicted molar refractivity (Wildman–Crippen MR) is 97.3 cm³/mol. The molecular formula is C18H28P2. The van der Waals surface area contributed by atoms with Gasteiger partial charge < -0.3 is 0 Å². The zero-order chi connectivity index (χ0) is 14.7. The van der Waals surface area contributed by atoms with Crippen molar-refractivity contribution in [1.82, 2.24) is 0 Å². The van der Waals surface area contributed by atoms with Gasteiger partial charge in [-0.15, -0.1) is 0 Å². The smallest absolute Gasteiger partial charge is 0.104 e. The molecule has 0 bridgehead atoms. The van der Waals surface area contributed by atoms with Gasteiger partial charge in [-0.2, -0.15) is 13.3 Å². The van der Waals surface area contributed by atoms with Gasteiger partial charge in [-0.05, 0) is 39.8 Å². The number of benzene rings is 1. The molecule has 0 aromatic heterocycles. The molecule has 0 unspecified atom stereocenters. The molecule has 2 aliphatic heterocycles. The van der Waals surface area contributed by atoms with Crippen molar-refractivity contribution in [1.29, 1.82) is 0 Å². The van der Waals surface area contributed by atoms with Crippen molar-refractivity contribution in [3.63, 3.8) is 0 Å². The predicted octanol–water partition coefficient (Wildman–Crippen LogP) is 4.92. The maximum Gasteiger partial charge on any atom is 0.104 e. The second-order valence-electron chi connectivity index (χ2n) is 7.22. The van der Waals surface area contributed by atoms with Crippen LogP contribution in [0.4, 0.5) is 0 Å². The molecule has 110 valence electrons. The molecule has 4 atom stereocenters. The van der Waals surface area contributed by atoms with Crippen LogP contribution in [-0.4, -0.2) is 22.6 Å². The molecule has 0 nitrogen and oxygen atoms in total. The van der Waals surface area contributed by atoms with Gasteiger partial charge >= 0.3 is 0 Å². The van der Waals surface area contributed by atoms with E-state index in [4.69, 9.17) is 13.3 Å². The van der Waals surface area contributed by atoms with Crippen molar-refractivity contribution < 1.29 is 0 Å². The Morgan fingerprint density at radius 2 is 1.05 bits per heavy atom. The van der Waals surface area contributed by atoms with E-state index in [-0.39, 0.29) is 0 Å². The fourth-order valence-electron chi connectivity index (χ4n) is 4.45. The van der Waals surface area contributed by atoms with Crippen LogP contribution in [0, 0.1) is 13.3 Å². The molecule has 0 saturated carbocycles. The zero-order valence-corrected chi connectivity index (χ0v) is 15.1. The highest BCUT2D eigenvalue weighted by atomic mass is 31.2. The standard InChI is InChI=1S/C18H28P2/c1-13-11-14(2)19(13,5)17-9-7-8-10-18(17)20(6)15(3)12-16(20)4/h7-10,13-16H,5-6,11-12H2,1-4H3/t13-,14-,15-,16-/m0/s1. The highest BCUT2D eigenvalue weighted by Crippen LogP contribution is 2.78. The van der Waals surface area contributed by atoms with Gasteiger partial charge in [-0.3, -0.25) is 0 Å². The molecule has 2 heterocycles. The molecule has 2 aliphatic rings. The maximum absolute atomic E-state index is 4.79. The first kappa shape index (κ1) is 15.0. The molecule has 2 heteroatoms. The fraction of sp³-hybridized carbons (Fsp3) is 0.556. The molecule has 1 aromatic carbocycles. The Morgan fingerprint density at radius 1 is 0.750 bits per heavy atom. The Hall–Kier alpha value is 0.0800. The van der Waals surface area contributed by atoms with E-state index in [9.17, 15) is 0 Å². The summed E-state index contributed by atoms with van der Waals surface area (Å²) in [7, 11) is -2.41. The Bertz CT molecular complexity index is 459. The molecule has 1 aromatic rings. The molecule has 2 fully saturated rings. The Balaban J connectivity index is 2.11. The van der Waals surface area contributed by atoms with Gasteiger partial charge in [0.05, 0.1) is 0 Å². The first-order chi connectivity index (χ1) is 9.32. The molecule has 20 heavy (non-hydrogen) atoms. The summed E-state index contributed by atoms with van der Waals surface area (Å²) in [5.74, 6) is 0. The topological polar surface area (TPSA) is 0 Å². The molecule has 2 saturated heterocycles. The van der Waals surface area contributed by atoms with E-state index in [1.54, 1.807) is 10.6 Å². The van der Waals surface area contributed by atoms with E-state index < -0.39 is 14.5 Å². The summed E-state index contributed by atoms with van der Waals surface area (Å²) in [6.45, 7) is 19.2. The molecule has 0 N–H and O–H groups in total. The SMILES string of the molecule is [CH2-][P+]1(c2ccccc2[P+]2([CH2-])[C@@H](C)C[C@@H]2C)[C@@H](C)C[C@@H]1C.